The second kappa shape index (κ2) is 6.95. The Morgan fingerprint density at radius 1 is 1.00 bits per heavy atom. The molecular weight excluding hydrogens is 362 g/mol. The summed E-state index contributed by atoms with van der Waals surface area (Å²) in [5.41, 5.74) is 0.744. The summed E-state index contributed by atoms with van der Waals surface area (Å²) in [7, 11) is 0. The van der Waals surface area contributed by atoms with E-state index in [4.69, 9.17) is 4.74 Å². The molecule has 5 rings (SSSR count). The van der Waals surface area contributed by atoms with Crippen LogP contribution in [-0.2, 0) is 6.54 Å². The number of thiophene rings is 1. The van der Waals surface area contributed by atoms with Crippen molar-refractivity contribution in [3.63, 3.8) is 0 Å². The summed E-state index contributed by atoms with van der Waals surface area (Å²) in [4.78, 5) is 12.7. The molecule has 0 radical (unpaired) electrons. The van der Waals surface area contributed by atoms with E-state index in [9.17, 15) is 0 Å². The number of hydrogen-bond donors (Lipinski definition) is 0. The third-order valence-corrected chi connectivity index (χ3v) is 6.69. The fraction of sp³-hybridized carbons (Fsp3) is 0.300. The van der Waals surface area contributed by atoms with Gasteiger partial charge in [0.1, 0.15) is 5.75 Å². The molecule has 0 aliphatic carbocycles. The zero-order chi connectivity index (χ0) is 17.3. The molecule has 0 saturated carbocycles. The third kappa shape index (κ3) is 3.32. The fourth-order valence-electron chi connectivity index (χ4n) is 3.44. The number of benzene rings is 1. The first-order valence-electron chi connectivity index (χ1n) is 8.98. The van der Waals surface area contributed by atoms with Gasteiger partial charge in [-0.05, 0) is 67.7 Å². The number of ether oxygens (including phenoxy) is 1. The lowest BCUT2D eigenvalue weighted by molar-refractivity contribution is 0.223. The lowest BCUT2D eigenvalue weighted by Gasteiger charge is -2.25. The predicted octanol–water partition coefficient (Wildman–Crippen LogP) is 5.68. The first-order valence-corrected chi connectivity index (χ1v) is 10.6. The van der Waals surface area contributed by atoms with E-state index >= 15 is 0 Å². The van der Waals surface area contributed by atoms with E-state index in [1.165, 1.54) is 58.7 Å². The fourth-order valence-corrected chi connectivity index (χ4v) is 5.37. The second-order valence-electron chi connectivity index (χ2n) is 6.66. The van der Waals surface area contributed by atoms with Crippen LogP contribution in [0.3, 0.4) is 0 Å². The van der Waals surface area contributed by atoms with Crippen molar-refractivity contribution in [2.75, 3.05) is 13.1 Å². The Labute approximate surface area is 160 Å². The number of hydrogen-bond acceptors (Lipinski definition) is 6. The van der Waals surface area contributed by atoms with Crippen molar-refractivity contribution in [3.05, 3.63) is 47.5 Å². The first kappa shape index (κ1) is 16.2. The summed E-state index contributed by atoms with van der Waals surface area (Å²) < 4.78 is 8.31. The topological polar surface area (TPSA) is 38.3 Å². The van der Waals surface area contributed by atoms with Crippen LogP contribution in [0.5, 0.6) is 10.9 Å². The molecule has 26 heavy (non-hydrogen) atoms. The number of nitrogens with zero attached hydrogens (tertiary/aromatic N) is 3. The van der Waals surface area contributed by atoms with Gasteiger partial charge in [-0.3, -0.25) is 4.90 Å². The number of rotatable bonds is 4. The van der Waals surface area contributed by atoms with Crippen LogP contribution in [0.15, 0.2) is 42.6 Å². The highest BCUT2D eigenvalue weighted by Crippen LogP contribution is 2.34. The molecule has 3 aromatic heterocycles. The van der Waals surface area contributed by atoms with Crippen molar-refractivity contribution in [2.45, 2.75) is 25.8 Å². The van der Waals surface area contributed by atoms with Crippen LogP contribution in [0, 0.1) is 0 Å². The molecule has 1 aliphatic rings. The van der Waals surface area contributed by atoms with Gasteiger partial charge in [0.15, 0.2) is 5.65 Å². The quantitative estimate of drug-likeness (QED) is 0.455. The average molecular weight is 382 g/mol. The van der Waals surface area contributed by atoms with E-state index in [2.05, 4.69) is 33.1 Å². The molecule has 0 unspecified atom stereocenters. The number of likely N-dealkylation sites (tertiary alicyclic amines) is 1. The highest BCUT2D eigenvalue weighted by Gasteiger charge is 2.13. The molecule has 132 valence electrons. The van der Waals surface area contributed by atoms with Crippen LogP contribution < -0.4 is 4.74 Å². The third-order valence-electron chi connectivity index (χ3n) is 4.72. The Kier molecular flexibility index (Phi) is 4.32. The number of pyridine rings is 1. The normalized spacial score (nSPS) is 15.7. The molecular formula is C20H19N3OS2. The van der Waals surface area contributed by atoms with Crippen LogP contribution in [-0.4, -0.2) is 28.0 Å². The summed E-state index contributed by atoms with van der Waals surface area (Å²) in [6, 6.07) is 12.6. The van der Waals surface area contributed by atoms with Crippen LogP contribution in [0.4, 0.5) is 0 Å². The number of piperidine rings is 1. The highest BCUT2D eigenvalue weighted by atomic mass is 32.1. The molecule has 4 aromatic rings. The van der Waals surface area contributed by atoms with Crippen LogP contribution in [0.25, 0.3) is 20.4 Å². The zero-order valence-corrected chi connectivity index (χ0v) is 16.0. The summed E-state index contributed by atoms with van der Waals surface area (Å²) in [6.45, 7) is 3.53. The van der Waals surface area contributed by atoms with Crippen molar-refractivity contribution in [2.24, 2.45) is 0 Å². The van der Waals surface area contributed by atoms with E-state index in [1.807, 2.05) is 29.5 Å². The molecule has 1 fully saturated rings. The minimum absolute atomic E-state index is 0.642. The Bertz CT molecular complexity index is 1020. The van der Waals surface area contributed by atoms with E-state index in [-0.39, 0.29) is 0 Å². The molecule has 0 amide bonds. The minimum atomic E-state index is 0.642. The summed E-state index contributed by atoms with van der Waals surface area (Å²) in [6.07, 6.45) is 5.80. The molecule has 1 aromatic carbocycles. The predicted molar refractivity (Wildman–Crippen MR) is 108 cm³/mol. The second-order valence-corrected chi connectivity index (χ2v) is 8.82. The maximum absolute atomic E-state index is 5.99. The summed E-state index contributed by atoms with van der Waals surface area (Å²) in [5.74, 6) is 0.836. The molecule has 6 heteroatoms. The maximum Gasteiger partial charge on any atom is 0.281 e. The standard InChI is InChI=1S/C20H19N3OS2/c1-2-9-23(10-3-1)13-16-11-14-6-7-15(12-18(14)25-16)24-20-22-19-17(26-20)5-4-8-21-19/h4-8,11-12H,1-3,9-10,13H2. The van der Waals surface area contributed by atoms with Gasteiger partial charge in [-0.1, -0.05) is 17.8 Å². The van der Waals surface area contributed by atoms with Gasteiger partial charge in [-0.2, -0.15) is 4.98 Å². The zero-order valence-electron chi connectivity index (χ0n) is 14.4. The van der Waals surface area contributed by atoms with Crippen molar-refractivity contribution in [1.82, 2.24) is 14.9 Å². The van der Waals surface area contributed by atoms with Gasteiger partial charge in [0.25, 0.3) is 5.19 Å². The van der Waals surface area contributed by atoms with Gasteiger partial charge in [0.05, 0.1) is 4.70 Å². The smallest absolute Gasteiger partial charge is 0.281 e. The van der Waals surface area contributed by atoms with Crippen LogP contribution in [0.2, 0.25) is 0 Å². The Morgan fingerprint density at radius 3 is 2.81 bits per heavy atom. The largest absolute Gasteiger partial charge is 0.431 e. The van der Waals surface area contributed by atoms with Gasteiger partial charge >= 0.3 is 0 Å². The van der Waals surface area contributed by atoms with Crippen molar-refractivity contribution in [3.8, 4) is 10.9 Å². The van der Waals surface area contributed by atoms with Gasteiger partial charge in [0.2, 0.25) is 0 Å². The molecule has 1 aliphatic heterocycles. The summed E-state index contributed by atoms with van der Waals surface area (Å²) >= 11 is 3.40. The van der Waals surface area contributed by atoms with Crippen molar-refractivity contribution in [1.29, 1.82) is 0 Å². The molecule has 0 spiro atoms. The van der Waals surface area contributed by atoms with Gasteiger partial charge in [-0.15, -0.1) is 11.3 Å². The van der Waals surface area contributed by atoms with Gasteiger partial charge in [-0.25, -0.2) is 4.98 Å². The monoisotopic (exact) mass is 381 g/mol. The van der Waals surface area contributed by atoms with Crippen LogP contribution in [0.1, 0.15) is 24.1 Å². The van der Waals surface area contributed by atoms with Crippen molar-refractivity contribution >= 4 is 43.1 Å². The molecule has 0 N–H and O–H groups in total. The number of aromatic nitrogens is 2. The number of fused-ring (bicyclic) bond motifs is 2. The molecule has 4 nitrogen and oxygen atoms in total. The van der Waals surface area contributed by atoms with E-state index < -0.39 is 0 Å². The van der Waals surface area contributed by atoms with Gasteiger partial charge in [0, 0.05) is 22.3 Å². The van der Waals surface area contributed by atoms with Gasteiger partial charge < -0.3 is 4.74 Å². The van der Waals surface area contributed by atoms with E-state index in [1.54, 1.807) is 6.20 Å². The molecule has 0 atom stereocenters. The minimum Gasteiger partial charge on any atom is -0.431 e. The SMILES string of the molecule is c1cnc2nc(Oc3ccc4cc(CN5CCCCC5)sc4c3)sc2c1. The highest BCUT2D eigenvalue weighted by molar-refractivity contribution is 7.20. The van der Waals surface area contributed by atoms with E-state index in [0.29, 0.717) is 5.19 Å². The number of thiazole rings is 1. The molecule has 1 saturated heterocycles. The molecule has 0 bridgehead atoms. The Hall–Kier alpha value is -2.02. The van der Waals surface area contributed by atoms with Crippen molar-refractivity contribution < 1.29 is 4.74 Å². The van der Waals surface area contributed by atoms with E-state index in [0.717, 1.165) is 22.6 Å². The Balaban J connectivity index is 1.36. The maximum atomic E-state index is 5.99. The lowest BCUT2D eigenvalue weighted by Crippen LogP contribution is -2.28. The van der Waals surface area contributed by atoms with Crippen LogP contribution >= 0.6 is 22.7 Å². The Morgan fingerprint density at radius 2 is 1.92 bits per heavy atom. The first-order chi connectivity index (χ1) is 12.8. The molecule has 4 heterocycles. The lowest BCUT2D eigenvalue weighted by atomic mass is 10.1. The average Bonchev–Trinajstić information content (AvgIpc) is 3.24. The summed E-state index contributed by atoms with van der Waals surface area (Å²) in [5, 5.41) is 1.93.